The van der Waals surface area contributed by atoms with E-state index in [1.54, 1.807) is 0 Å². The molecule has 4 heteroatoms. The summed E-state index contributed by atoms with van der Waals surface area (Å²) < 4.78 is 4.69. The van der Waals surface area contributed by atoms with Gasteiger partial charge in [0.25, 0.3) is 0 Å². The van der Waals surface area contributed by atoms with E-state index in [2.05, 4.69) is 38.5 Å². The highest BCUT2D eigenvalue weighted by Gasteiger charge is 2.11. The van der Waals surface area contributed by atoms with Crippen LogP contribution in [0.5, 0.6) is 0 Å². The van der Waals surface area contributed by atoms with Crippen molar-refractivity contribution in [3.05, 3.63) is 29.8 Å². The lowest BCUT2D eigenvalue weighted by atomic mass is 9.97. The zero-order valence-electron chi connectivity index (χ0n) is 9.67. The predicted molar refractivity (Wildman–Crippen MR) is 65.2 cm³/mol. The highest BCUT2D eigenvalue weighted by molar-refractivity contribution is 5.76. The van der Waals surface area contributed by atoms with Gasteiger partial charge in [0.05, 0.1) is 13.1 Å². The van der Waals surface area contributed by atoms with Crippen molar-refractivity contribution in [2.75, 3.05) is 13.1 Å². The summed E-state index contributed by atoms with van der Waals surface area (Å²) in [6.07, 6.45) is 7.07. The molecule has 17 heavy (non-hydrogen) atoms. The van der Waals surface area contributed by atoms with Crippen LogP contribution in [0.2, 0.25) is 0 Å². The molecular weight excluding hydrogens is 214 g/mol. The minimum absolute atomic E-state index is 0.728. The number of hydrogen-bond acceptors (Lipinski definition) is 3. The van der Waals surface area contributed by atoms with Gasteiger partial charge in [-0.1, -0.05) is 18.2 Å². The summed E-state index contributed by atoms with van der Waals surface area (Å²) in [7, 11) is 0. The van der Waals surface area contributed by atoms with Crippen LogP contribution in [0.3, 0.4) is 0 Å². The van der Waals surface area contributed by atoms with Gasteiger partial charge in [0.2, 0.25) is 0 Å². The van der Waals surface area contributed by atoms with Crippen molar-refractivity contribution in [1.82, 2.24) is 10.3 Å². The number of allylic oxidation sites excluding steroid dienone is 1. The van der Waals surface area contributed by atoms with Crippen LogP contribution in [0.4, 0.5) is 0 Å². The van der Waals surface area contributed by atoms with Crippen LogP contribution in [0.15, 0.2) is 28.9 Å². The minimum Gasteiger partial charge on any atom is -0.346 e. The Kier molecular flexibility index (Phi) is 2.88. The fraction of sp³-hybridized carbons (Fsp3) is 0.385. The molecule has 0 unspecified atom stereocenters. The van der Waals surface area contributed by atoms with Crippen molar-refractivity contribution in [3.8, 4) is 0 Å². The maximum absolute atomic E-state index is 4.69. The molecule has 2 N–H and O–H groups in total. The Morgan fingerprint density at radius 2 is 2.00 bits per heavy atom. The number of fused-ring (bicyclic) bond motifs is 1. The molecule has 0 bridgehead atoms. The maximum Gasteiger partial charge on any atom is 0.135 e. The van der Waals surface area contributed by atoms with E-state index in [4.69, 9.17) is 0 Å². The van der Waals surface area contributed by atoms with Gasteiger partial charge in [-0.25, -0.2) is 4.63 Å². The van der Waals surface area contributed by atoms with Crippen LogP contribution in [0.25, 0.3) is 17.1 Å². The second-order valence-electron chi connectivity index (χ2n) is 4.57. The monoisotopic (exact) mass is 230 g/mol. The van der Waals surface area contributed by atoms with Crippen molar-refractivity contribution in [2.24, 2.45) is 5.92 Å². The van der Waals surface area contributed by atoms with Crippen molar-refractivity contribution >= 4 is 17.1 Å². The molecule has 1 aliphatic heterocycles. The molecule has 0 saturated carbocycles. The zero-order valence-corrected chi connectivity index (χ0v) is 9.67. The van der Waals surface area contributed by atoms with Gasteiger partial charge in [-0.15, -0.1) is 0 Å². The first-order valence-corrected chi connectivity index (χ1v) is 6.14. The SMILES string of the molecule is C(=C\C1CC[NH2+]CC1)/c1ccc2nonc2c1. The number of nitrogens with two attached hydrogens (primary N) is 1. The molecule has 0 aliphatic carbocycles. The van der Waals surface area contributed by atoms with Crippen LogP contribution >= 0.6 is 0 Å². The largest absolute Gasteiger partial charge is 0.346 e. The first-order chi connectivity index (χ1) is 8.42. The average Bonchev–Trinajstić information content (AvgIpc) is 2.85. The van der Waals surface area contributed by atoms with E-state index in [-0.39, 0.29) is 0 Å². The third-order valence-corrected chi connectivity index (χ3v) is 3.32. The van der Waals surface area contributed by atoms with E-state index in [1.165, 1.54) is 31.5 Å². The summed E-state index contributed by atoms with van der Waals surface area (Å²) in [4.78, 5) is 0. The highest BCUT2D eigenvalue weighted by Crippen LogP contribution is 2.16. The van der Waals surface area contributed by atoms with Crippen molar-refractivity contribution in [1.29, 1.82) is 0 Å². The molecule has 0 spiro atoms. The first kappa shape index (κ1) is 10.5. The highest BCUT2D eigenvalue weighted by atomic mass is 16.6. The molecule has 0 amide bonds. The number of rotatable bonds is 2. The number of hydrogen-bond donors (Lipinski definition) is 1. The van der Waals surface area contributed by atoms with Crippen LogP contribution < -0.4 is 5.32 Å². The number of quaternary nitrogens is 1. The molecule has 0 radical (unpaired) electrons. The zero-order chi connectivity index (χ0) is 11.5. The molecule has 1 aliphatic rings. The van der Waals surface area contributed by atoms with Crippen LogP contribution in [0.1, 0.15) is 18.4 Å². The third-order valence-electron chi connectivity index (χ3n) is 3.32. The van der Waals surface area contributed by atoms with Crippen molar-refractivity contribution in [3.63, 3.8) is 0 Å². The fourth-order valence-electron chi connectivity index (χ4n) is 2.29. The standard InChI is InChI=1S/C13H15N3O/c1(10-5-7-14-8-6-10)2-11-3-4-12-13(9-11)16-17-15-12/h1-4,9-10,14H,5-8H2/p+1/b2-1+. The summed E-state index contributed by atoms with van der Waals surface area (Å²) in [5.41, 5.74) is 2.81. The molecule has 2 aromatic rings. The summed E-state index contributed by atoms with van der Waals surface area (Å²) in [6.45, 7) is 2.50. The van der Waals surface area contributed by atoms with Crippen LogP contribution in [0, 0.1) is 5.92 Å². The smallest absolute Gasteiger partial charge is 0.135 e. The molecule has 0 atom stereocenters. The number of aromatic nitrogens is 2. The van der Waals surface area contributed by atoms with Gasteiger partial charge in [0.1, 0.15) is 11.0 Å². The van der Waals surface area contributed by atoms with E-state index < -0.39 is 0 Å². The topological polar surface area (TPSA) is 55.5 Å². The van der Waals surface area contributed by atoms with Gasteiger partial charge in [-0.3, -0.25) is 0 Å². The van der Waals surface area contributed by atoms with Gasteiger partial charge >= 0.3 is 0 Å². The van der Waals surface area contributed by atoms with E-state index in [0.29, 0.717) is 0 Å². The molecule has 1 aromatic carbocycles. The maximum atomic E-state index is 4.69. The Hall–Kier alpha value is -1.68. The molecule has 1 fully saturated rings. The average molecular weight is 230 g/mol. The molecule has 2 heterocycles. The van der Waals surface area contributed by atoms with E-state index in [9.17, 15) is 0 Å². The van der Waals surface area contributed by atoms with Crippen LogP contribution in [-0.4, -0.2) is 23.4 Å². The number of nitrogens with zero attached hydrogens (tertiary/aromatic N) is 2. The minimum atomic E-state index is 0.728. The molecular formula is C13H16N3O+. The van der Waals surface area contributed by atoms with E-state index >= 15 is 0 Å². The summed E-state index contributed by atoms with van der Waals surface area (Å²) >= 11 is 0. The first-order valence-electron chi connectivity index (χ1n) is 6.14. The molecule has 4 nitrogen and oxygen atoms in total. The van der Waals surface area contributed by atoms with Crippen LogP contribution in [-0.2, 0) is 0 Å². The van der Waals surface area contributed by atoms with Gasteiger partial charge in [0, 0.05) is 12.8 Å². The molecule has 1 saturated heterocycles. The van der Waals surface area contributed by atoms with E-state index in [1.807, 2.05) is 12.1 Å². The molecule has 3 rings (SSSR count). The Morgan fingerprint density at radius 1 is 1.18 bits per heavy atom. The third kappa shape index (κ3) is 2.36. The number of piperidine rings is 1. The quantitative estimate of drug-likeness (QED) is 0.843. The van der Waals surface area contributed by atoms with Gasteiger partial charge in [-0.05, 0) is 33.9 Å². The van der Waals surface area contributed by atoms with Crippen molar-refractivity contribution < 1.29 is 9.95 Å². The summed E-state index contributed by atoms with van der Waals surface area (Å²) in [6, 6.07) is 6.01. The predicted octanol–water partition coefficient (Wildman–Crippen LogP) is 1.21. The fourth-order valence-corrected chi connectivity index (χ4v) is 2.29. The second-order valence-corrected chi connectivity index (χ2v) is 4.57. The van der Waals surface area contributed by atoms with Gasteiger partial charge in [0.15, 0.2) is 0 Å². The Morgan fingerprint density at radius 3 is 2.88 bits per heavy atom. The van der Waals surface area contributed by atoms with Gasteiger partial charge in [-0.2, -0.15) is 0 Å². The van der Waals surface area contributed by atoms with E-state index in [0.717, 1.165) is 17.0 Å². The van der Waals surface area contributed by atoms with Gasteiger partial charge < -0.3 is 5.32 Å². The molecule has 1 aromatic heterocycles. The number of benzene rings is 1. The summed E-state index contributed by atoms with van der Waals surface area (Å²) in [5, 5.41) is 10.0. The summed E-state index contributed by atoms with van der Waals surface area (Å²) in [5.74, 6) is 0.728. The van der Waals surface area contributed by atoms with Crippen molar-refractivity contribution in [2.45, 2.75) is 12.8 Å². The second kappa shape index (κ2) is 4.67. The Bertz CT molecular complexity index is 526. The lowest BCUT2D eigenvalue weighted by molar-refractivity contribution is -0.664. The normalized spacial score (nSPS) is 18.1. The molecule has 88 valence electrons. The Balaban J connectivity index is 1.76. The lowest BCUT2D eigenvalue weighted by Gasteiger charge is -2.16. The lowest BCUT2D eigenvalue weighted by Crippen LogP contribution is -2.86. The Labute approximate surface area is 99.7 Å².